The molecular weight excluding hydrogens is 369 g/mol. The lowest BCUT2D eigenvalue weighted by Crippen LogP contribution is -2.46. The number of piperidine rings is 1. The molecule has 1 unspecified atom stereocenters. The molecule has 0 saturated carbocycles. The first-order valence-corrected chi connectivity index (χ1v) is 9.83. The number of anilines is 1. The van der Waals surface area contributed by atoms with Crippen molar-refractivity contribution in [3.8, 4) is 11.1 Å². The Labute approximate surface area is 169 Å². The van der Waals surface area contributed by atoms with Gasteiger partial charge in [0.1, 0.15) is 6.17 Å². The maximum atomic E-state index is 14.3. The smallest absolute Gasteiger partial charge is 0.241 e. The number of pyridine rings is 1. The molecule has 4 rings (SSSR count). The van der Waals surface area contributed by atoms with Crippen molar-refractivity contribution < 1.29 is 4.39 Å². The summed E-state index contributed by atoms with van der Waals surface area (Å²) in [5.41, 5.74) is 4.84. The van der Waals surface area contributed by atoms with Crippen LogP contribution in [-0.4, -0.2) is 62.5 Å². The third kappa shape index (κ3) is 4.12. The van der Waals surface area contributed by atoms with Crippen LogP contribution in [0.3, 0.4) is 0 Å². The number of hydrogen-bond acceptors (Lipinski definition) is 6. The van der Waals surface area contributed by atoms with Crippen molar-refractivity contribution in [2.24, 2.45) is 4.99 Å². The molecule has 1 aliphatic heterocycles. The summed E-state index contributed by atoms with van der Waals surface area (Å²) in [5, 5.41) is 7.68. The molecule has 1 N–H and O–H groups in total. The summed E-state index contributed by atoms with van der Waals surface area (Å²) in [4.78, 5) is 15.4. The summed E-state index contributed by atoms with van der Waals surface area (Å²) in [6.07, 6.45) is 5.27. The number of aromatic nitrogens is 4. The van der Waals surface area contributed by atoms with Gasteiger partial charge in [-0.1, -0.05) is 0 Å². The summed E-state index contributed by atoms with van der Waals surface area (Å²) >= 11 is 0. The molecule has 3 aromatic rings. The molecule has 4 heterocycles. The molecule has 1 saturated heterocycles. The molecular formula is C21H26FN7. The monoisotopic (exact) mass is 395 g/mol. The zero-order valence-corrected chi connectivity index (χ0v) is 17.2. The lowest BCUT2D eigenvalue weighted by atomic mass is 10.0. The highest BCUT2D eigenvalue weighted by atomic mass is 19.1. The number of fused-ring (bicyclic) bond motifs is 1. The lowest BCUT2D eigenvalue weighted by molar-refractivity contribution is 0.149. The minimum atomic E-state index is -0.935. The third-order valence-corrected chi connectivity index (χ3v) is 5.17. The predicted octanol–water partition coefficient (Wildman–Crippen LogP) is 3.67. The van der Waals surface area contributed by atoms with Crippen LogP contribution in [-0.2, 0) is 0 Å². The van der Waals surface area contributed by atoms with Gasteiger partial charge in [-0.15, -0.1) is 5.10 Å². The van der Waals surface area contributed by atoms with Gasteiger partial charge in [-0.25, -0.2) is 23.9 Å². The Balaban J connectivity index is 1.59. The summed E-state index contributed by atoms with van der Waals surface area (Å²) in [7, 11) is 1.94. The Hall–Kier alpha value is -2.87. The van der Waals surface area contributed by atoms with E-state index in [1.54, 1.807) is 10.7 Å². The van der Waals surface area contributed by atoms with Gasteiger partial charge in [-0.05, 0) is 51.9 Å². The predicted molar refractivity (Wildman–Crippen MR) is 114 cm³/mol. The number of aliphatic imine (C=N–C) groups is 1. The number of nitrogens with zero attached hydrogens (tertiary/aromatic N) is 6. The highest BCUT2D eigenvalue weighted by Crippen LogP contribution is 2.28. The first kappa shape index (κ1) is 19.4. The standard InChI is InChI=1S/C21H26FN7/c1-13(2)25-20-14(3)9-15(10-23-20)16-5-8-29-19(16)11-24-21(27-29)26-18-6-7-28(4)12-17(18)22/h5,8-11,17-18H,6-7,12H2,1-4H3,(H,26,27)/t17-,18?/m0/s1. The zero-order valence-electron chi connectivity index (χ0n) is 17.2. The number of aryl methyl sites for hydroxylation is 1. The molecule has 152 valence electrons. The number of hydrogen-bond donors (Lipinski definition) is 1. The average Bonchev–Trinajstić information content (AvgIpc) is 3.08. The summed E-state index contributed by atoms with van der Waals surface area (Å²) in [6, 6.07) is 3.80. The van der Waals surface area contributed by atoms with Crippen molar-refractivity contribution >= 4 is 23.0 Å². The van der Waals surface area contributed by atoms with E-state index >= 15 is 0 Å². The Morgan fingerprint density at radius 3 is 2.83 bits per heavy atom. The van der Waals surface area contributed by atoms with Gasteiger partial charge in [-0.3, -0.25) is 0 Å². The fourth-order valence-electron chi connectivity index (χ4n) is 3.64. The zero-order chi connectivity index (χ0) is 20.5. The minimum absolute atomic E-state index is 0.263. The summed E-state index contributed by atoms with van der Waals surface area (Å²) in [5.74, 6) is 1.17. The molecule has 0 aromatic carbocycles. The molecule has 8 heteroatoms. The largest absolute Gasteiger partial charge is 0.347 e. The highest BCUT2D eigenvalue weighted by Gasteiger charge is 2.28. The maximum Gasteiger partial charge on any atom is 0.241 e. The van der Waals surface area contributed by atoms with Crippen LogP contribution in [0.1, 0.15) is 25.8 Å². The van der Waals surface area contributed by atoms with Crippen LogP contribution in [0.4, 0.5) is 16.2 Å². The Morgan fingerprint density at radius 1 is 1.28 bits per heavy atom. The van der Waals surface area contributed by atoms with Crippen LogP contribution in [0, 0.1) is 6.92 Å². The normalized spacial score (nSPS) is 20.0. The van der Waals surface area contributed by atoms with E-state index < -0.39 is 6.17 Å². The Morgan fingerprint density at radius 2 is 2.10 bits per heavy atom. The molecule has 0 spiro atoms. The number of likely N-dealkylation sites (tertiary alicyclic amines) is 1. The molecule has 29 heavy (non-hydrogen) atoms. The molecule has 0 amide bonds. The molecule has 7 nitrogen and oxygen atoms in total. The third-order valence-electron chi connectivity index (χ3n) is 5.17. The van der Waals surface area contributed by atoms with Gasteiger partial charge in [0.05, 0.1) is 17.8 Å². The van der Waals surface area contributed by atoms with Crippen molar-refractivity contribution in [3.63, 3.8) is 0 Å². The molecule has 2 atom stereocenters. The van der Waals surface area contributed by atoms with Crippen LogP contribution in [0.25, 0.3) is 16.6 Å². The van der Waals surface area contributed by atoms with Crippen LogP contribution in [0.2, 0.25) is 0 Å². The van der Waals surface area contributed by atoms with E-state index in [1.807, 2.05) is 51.2 Å². The van der Waals surface area contributed by atoms with Gasteiger partial charge in [0.2, 0.25) is 5.95 Å². The SMILES string of the molecule is CC(C)=Nc1ncc(-c2ccn3nc(NC4CCN(C)C[C@@H]4F)ncc23)cc1C. The van der Waals surface area contributed by atoms with Crippen molar-refractivity contribution in [1.29, 1.82) is 0 Å². The Bertz CT molecular complexity index is 1050. The fourth-order valence-corrected chi connectivity index (χ4v) is 3.64. The first-order valence-electron chi connectivity index (χ1n) is 9.83. The van der Waals surface area contributed by atoms with Gasteiger partial charge in [0.25, 0.3) is 0 Å². The molecule has 3 aromatic heterocycles. The molecule has 1 aliphatic rings. The topological polar surface area (TPSA) is 70.7 Å². The van der Waals surface area contributed by atoms with E-state index in [-0.39, 0.29) is 6.04 Å². The number of nitrogens with one attached hydrogen (secondary N) is 1. The van der Waals surface area contributed by atoms with Gasteiger partial charge in [0.15, 0.2) is 5.82 Å². The molecule has 0 bridgehead atoms. The van der Waals surface area contributed by atoms with Gasteiger partial charge >= 0.3 is 0 Å². The number of halogens is 1. The second-order valence-electron chi connectivity index (χ2n) is 7.88. The van der Waals surface area contributed by atoms with Crippen molar-refractivity contribution in [3.05, 3.63) is 36.3 Å². The summed E-state index contributed by atoms with van der Waals surface area (Å²) in [6.45, 7) is 7.20. The van der Waals surface area contributed by atoms with Crippen molar-refractivity contribution in [2.75, 3.05) is 25.5 Å². The van der Waals surface area contributed by atoms with E-state index in [0.29, 0.717) is 12.5 Å². The summed E-state index contributed by atoms with van der Waals surface area (Å²) < 4.78 is 16.1. The quantitative estimate of drug-likeness (QED) is 0.683. The van der Waals surface area contributed by atoms with E-state index in [9.17, 15) is 4.39 Å². The van der Waals surface area contributed by atoms with Crippen molar-refractivity contribution in [1.82, 2.24) is 24.5 Å². The van der Waals surface area contributed by atoms with Crippen molar-refractivity contribution in [2.45, 2.75) is 39.4 Å². The highest BCUT2D eigenvalue weighted by molar-refractivity contribution is 5.83. The fraction of sp³-hybridized carbons (Fsp3) is 0.429. The molecule has 0 aliphatic carbocycles. The lowest BCUT2D eigenvalue weighted by Gasteiger charge is -2.32. The van der Waals surface area contributed by atoms with Crippen LogP contribution < -0.4 is 5.32 Å². The second kappa shape index (κ2) is 7.87. The van der Waals surface area contributed by atoms with E-state index in [2.05, 4.69) is 31.4 Å². The van der Waals surface area contributed by atoms with Gasteiger partial charge in [-0.2, -0.15) is 0 Å². The average molecular weight is 395 g/mol. The van der Waals surface area contributed by atoms with E-state index in [0.717, 1.165) is 46.7 Å². The van der Waals surface area contributed by atoms with E-state index in [1.165, 1.54) is 0 Å². The minimum Gasteiger partial charge on any atom is -0.347 e. The molecule has 0 radical (unpaired) electrons. The van der Waals surface area contributed by atoms with Crippen LogP contribution >= 0.6 is 0 Å². The second-order valence-corrected chi connectivity index (χ2v) is 7.88. The van der Waals surface area contributed by atoms with Crippen LogP contribution in [0.5, 0.6) is 0 Å². The van der Waals surface area contributed by atoms with Crippen LogP contribution in [0.15, 0.2) is 35.7 Å². The van der Waals surface area contributed by atoms with E-state index in [4.69, 9.17) is 0 Å². The first-order chi connectivity index (χ1) is 13.9. The van der Waals surface area contributed by atoms with Gasteiger partial charge < -0.3 is 10.2 Å². The number of rotatable bonds is 4. The Kier molecular flexibility index (Phi) is 5.27. The maximum absolute atomic E-state index is 14.3. The van der Waals surface area contributed by atoms with Gasteiger partial charge in [0, 0.05) is 42.3 Å². The molecule has 1 fully saturated rings. The number of alkyl halides is 1.